The second-order valence-electron chi connectivity index (χ2n) is 7.15. The van der Waals surface area contributed by atoms with Crippen molar-refractivity contribution in [3.8, 4) is 16.9 Å². The largest absolute Gasteiger partial charge is 0.426 e. The Kier molecular flexibility index (Phi) is 6.99. The molecule has 144 valence electrons. The van der Waals surface area contributed by atoms with Crippen LogP contribution in [0.3, 0.4) is 0 Å². The van der Waals surface area contributed by atoms with Crippen molar-refractivity contribution in [2.24, 2.45) is 5.92 Å². The standard InChI is InChI=1S/C23H27FO3/c1-2-3-16-26-21-12-8-19(9-13-21)23(25)27-22-14-6-18(7-15-22)17-4-10-20(24)11-5-17/h4-7,10-11,14-15,19,21H,2-3,8-9,12-13,16H2,1H3/t19-,21-. The molecular weight excluding hydrogens is 343 g/mol. The SMILES string of the molecule is CCCCO[C@H]1CC[C@H](C(=O)Oc2ccc(-c3ccc(F)cc3)cc2)CC1. The van der Waals surface area contributed by atoms with Gasteiger partial charge in [-0.3, -0.25) is 4.79 Å². The summed E-state index contributed by atoms with van der Waals surface area (Å²) in [5.41, 5.74) is 1.88. The fraction of sp³-hybridized carbons (Fsp3) is 0.435. The lowest BCUT2D eigenvalue weighted by molar-refractivity contribution is -0.141. The Balaban J connectivity index is 1.49. The van der Waals surface area contributed by atoms with Crippen molar-refractivity contribution in [1.29, 1.82) is 0 Å². The van der Waals surface area contributed by atoms with Gasteiger partial charge in [0.2, 0.25) is 0 Å². The normalized spacial score (nSPS) is 19.6. The minimum atomic E-state index is -0.255. The first-order valence-electron chi connectivity index (χ1n) is 9.85. The van der Waals surface area contributed by atoms with Crippen molar-refractivity contribution >= 4 is 5.97 Å². The lowest BCUT2D eigenvalue weighted by Gasteiger charge is -2.27. The number of hydrogen-bond donors (Lipinski definition) is 0. The Labute approximate surface area is 160 Å². The molecule has 0 radical (unpaired) electrons. The Bertz CT molecular complexity index is 716. The summed E-state index contributed by atoms with van der Waals surface area (Å²) < 4.78 is 24.4. The van der Waals surface area contributed by atoms with E-state index in [-0.39, 0.29) is 23.8 Å². The van der Waals surface area contributed by atoms with Crippen LogP contribution in [0.1, 0.15) is 45.4 Å². The number of benzene rings is 2. The molecule has 1 aliphatic carbocycles. The van der Waals surface area contributed by atoms with Gasteiger partial charge in [0.15, 0.2) is 0 Å². The smallest absolute Gasteiger partial charge is 0.314 e. The van der Waals surface area contributed by atoms with Gasteiger partial charge < -0.3 is 9.47 Å². The van der Waals surface area contributed by atoms with Crippen LogP contribution in [0.2, 0.25) is 0 Å². The molecule has 4 heteroatoms. The Hall–Kier alpha value is -2.20. The molecule has 0 unspecified atom stereocenters. The Morgan fingerprint density at radius 3 is 2.15 bits per heavy atom. The first-order chi connectivity index (χ1) is 13.2. The van der Waals surface area contributed by atoms with E-state index >= 15 is 0 Å². The first kappa shape index (κ1) is 19.6. The highest BCUT2D eigenvalue weighted by Crippen LogP contribution is 2.29. The molecule has 0 bridgehead atoms. The molecule has 0 spiro atoms. The van der Waals surface area contributed by atoms with Crippen LogP contribution in [0.4, 0.5) is 4.39 Å². The highest BCUT2D eigenvalue weighted by Gasteiger charge is 2.28. The third-order valence-electron chi connectivity index (χ3n) is 5.11. The summed E-state index contributed by atoms with van der Waals surface area (Å²) in [7, 11) is 0. The molecule has 1 aliphatic rings. The topological polar surface area (TPSA) is 35.5 Å². The van der Waals surface area contributed by atoms with Crippen LogP contribution in [0.5, 0.6) is 5.75 Å². The van der Waals surface area contributed by atoms with E-state index in [9.17, 15) is 9.18 Å². The number of rotatable bonds is 7. The fourth-order valence-electron chi connectivity index (χ4n) is 3.42. The third kappa shape index (κ3) is 5.64. The molecule has 0 N–H and O–H groups in total. The summed E-state index contributed by atoms with van der Waals surface area (Å²) in [5.74, 6) is 0.0892. The monoisotopic (exact) mass is 370 g/mol. The van der Waals surface area contributed by atoms with Crippen molar-refractivity contribution in [2.75, 3.05) is 6.61 Å². The van der Waals surface area contributed by atoms with Gasteiger partial charge >= 0.3 is 5.97 Å². The van der Waals surface area contributed by atoms with E-state index in [2.05, 4.69) is 6.92 Å². The molecule has 1 fully saturated rings. The number of halogens is 1. The van der Waals surface area contributed by atoms with Gasteiger partial charge in [0, 0.05) is 6.61 Å². The minimum absolute atomic E-state index is 0.0483. The lowest BCUT2D eigenvalue weighted by atomic mass is 9.87. The maximum atomic E-state index is 13.0. The molecule has 0 atom stereocenters. The van der Waals surface area contributed by atoms with Crippen molar-refractivity contribution in [3.63, 3.8) is 0 Å². The van der Waals surface area contributed by atoms with Gasteiger partial charge in [-0.15, -0.1) is 0 Å². The summed E-state index contributed by atoms with van der Waals surface area (Å²) in [6.07, 6.45) is 6.01. The van der Waals surface area contributed by atoms with Crippen LogP contribution in [-0.2, 0) is 9.53 Å². The summed E-state index contributed by atoms with van der Waals surface area (Å²) in [6, 6.07) is 13.7. The average Bonchev–Trinajstić information content (AvgIpc) is 2.70. The average molecular weight is 370 g/mol. The highest BCUT2D eigenvalue weighted by atomic mass is 19.1. The second kappa shape index (κ2) is 9.65. The summed E-state index contributed by atoms with van der Waals surface area (Å²) in [4.78, 5) is 12.4. The summed E-state index contributed by atoms with van der Waals surface area (Å²) >= 11 is 0. The predicted molar refractivity (Wildman–Crippen MR) is 104 cm³/mol. The van der Waals surface area contributed by atoms with Crippen molar-refractivity contribution in [3.05, 3.63) is 54.3 Å². The zero-order chi connectivity index (χ0) is 19.1. The predicted octanol–water partition coefficient (Wildman–Crippen LogP) is 5.77. The number of carbonyl (C=O) groups excluding carboxylic acids is 1. The molecule has 0 amide bonds. The van der Waals surface area contributed by atoms with Gasteiger partial charge in [-0.25, -0.2) is 4.39 Å². The van der Waals surface area contributed by atoms with E-state index < -0.39 is 0 Å². The van der Waals surface area contributed by atoms with E-state index in [4.69, 9.17) is 9.47 Å². The Morgan fingerprint density at radius 2 is 1.56 bits per heavy atom. The molecule has 0 saturated heterocycles. The molecule has 1 saturated carbocycles. The molecule has 3 rings (SSSR count). The van der Waals surface area contributed by atoms with Crippen molar-refractivity contribution < 1.29 is 18.7 Å². The van der Waals surface area contributed by atoms with E-state index in [1.54, 1.807) is 24.3 Å². The molecule has 27 heavy (non-hydrogen) atoms. The molecule has 0 aromatic heterocycles. The first-order valence-corrected chi connectivity index (χ1v) is 9.85. The van der Waals surface area contributed by atoms with Crippen LogP contribution in [0.15, 0.2) is 48.5 Å². The van der Waals surface area contributed by atoms with Crippen LogP contribution in [-0.4, -0.2) is 18.7 Å². The molecule has 2 aromatic carbocycles. The Morgan fingerprint density at radius 1 is 0.963 bits per heavy atom. The van der Waals surface area contributed by atoms with Crippen molar-refractivity contribution in [1.82, 2.24) is 0 Å². The van der Waals surface area contributed by atoms with Crippen molar-refractivity contribution in [2.45, 2.75) is 51.6 Å². The molecule has 2 aromatic rings. The second-order valence-corrected chi connectivity index (χ2v) is 7.15. The van der Waals surface area contributed by atoms with E-state index in [0.717, 1.165) is 56.3 Å². The van der Waals surface area contributed by atoms with Crippen LogP contribution < -0.4 is 4.74 Å². The quantitative estimate of drug-likeness (QED) is 0.352. The van der Waals surface area contributed by atoms with E-state index in [1.165, 1.54) is 12.1 Å². The summed E-state index contributed by atoms with van der Waals surface area (Å²) in [6.45, 7) is 2.97. The van der Waals surface area contributed by atoms with Gasteiger partial charge in [0.05, 0.1) is 12.0 Å². The van der Waals surface area contributed by atoms with Crippen LogP contribution in [0, 0.1) is 11.7 Å². The van der Waals surface area contributed by atoms with Gasteiger partial charge in [-0.1, -0.05) is 37.6 Å². The third-order valence-corrected chi connectivity index (χ3v) is 5.11. The summed E-state index contributed by atoms with van der Waals surface area (Å²) in [5, 5.41) is 0. The maximum absolute atomic E-state index is 13.0. The zero-order valence-corrected chi connectivity index (χ0v) is 15.8. The number of esters is 1. The number of unbranched alkanes of at least 4 members (excludes halogenated alkanes) is 1. The molecule has 0 aliphatic heterocycles. The van der Waals surface area contributed by atoms with Gasteiger partial charge in [-0.2, -0.15) is 0 Å². The molecule has 3 nitrogen and oxygen atoms in total. The number of ether oxygens (including phenoxy) is 2. The van der Waals surface area contributed by atoms with Crippen LogP contribution in [0.25, 0.3) is 11.1 Å². The van der Waals surface area contributed by atoms with E-state index in [1.807, 2.05) is 12.1 Å². The van der Waals surface area contributed by atoms with Gasteiger partial charge in [0.25, 0.3) is 0 Å². The van der Waals surface area contributed by atoms with E-state index in [0.29, 0.717) is 5.75 Å². The van der Waals surface area contributed by atoms with Gasteiger partial charge in [-0.05, 0) is 67.5 Å². The maximum Gasteiger partial charge on any atom is 0.314 e. The lowest BCUT2D eigenvalue weighted by Crippen LogP contribution is -2.29. The van der Waals surface area contributed by atoms with Gasteiger partial charge in [0.1, 0.15) is 11.6 Å². The number of carbonyl (C=O) groups is 1. The highest BCUT2D eigenvalue weighted by molar-refractivity contribution is 5.75. The van der Waals surface area contributed by atoms with Crippen LogP contribution >= 0.6 is 0 Å². The number of hydrogen-bond acceptors (Lipinski definition) is 3. The minimum Gasteiger partial charge on any atom is -0.426 e. The zero-order valence-electron chi connectivity index (χ0n) is 15.8. The molecular formula is C23H27FO3. The fourth-order valence-corrected chi connectivity index (χ4v) is 3.42. The molecule has 0 heterocycles.